The number of hydrogen-bond acceptors (Lipinski definition) is 1. The van der Waals surface area contributed by atoms with Crippen molar-refractivity contribution in [3.63, 3.8) is 0 Å². The molecule has 0 radical (unpaired) electrons. The molecule has 2 unspecified atom stereocenters. The SMILES string of the molecule is CCCC1CC1n1c(CCl)nc2ccccc21. The number of rotatable bonds is 4. The maximum absolute atomic E-state index is 6.02. The average Bonchev–Trinajstić information content (AvgIpc) is 3.00. The summed E-state index contributed by atoms with van der Waals surface area (Å²) in [6, 6.07) is 8.97. The van der Waals surface area contributed by atoms with E-state index in [1.807, 2.05) is 6.07 Å². The fourth-order valence-corrected chi connectivity index (χ4v) is 2.98. The van der Waals surface area contributed by atoms with Gasteiger partial charge in [0.2, 0.25) is 0 Å². The lowest BCUT2D eigenvalue weighted by atomic mass is 10.2. The van der Waals surface area contributed by atoms with Crippen molar-refractivity contribution < 1.29 is 0 Å². The number of imidazole rings is 1. The lowest BCUT2D eigenvalue weighted by Gasteiger charge is -2.06. The Morgan fingerprint density at radius 2 is 2.24 bits per heavy atom. The number of benzene rings is 1. The van der Waals surface area contributed by atoms with Crippen molar-refractivity contribution in [2.24, 2.45) is 5.92 Å². The van der Waals surface area contributed by atoms with Crippen molar-refractivity contribution in [3.8, 4) is 0 Å². The molecule has 17 heavy (non-hydrogen) atoms. The van der Waals surface area contributed by atoms with Gasteiger partial charge in [-0.2, -0.15) is 0 Å². The van der Waals surface area contributed by atoms with Gasteiger partial charge in [-0.05, 0) is 30.9 Å². The molecule has 2 nitrogen and oxygen atoms in total. The Bertz CT molecular complexity index is 532. The molecule has 0 N–H and O–H groups in total. The summed E-state index contributed by atoms with van der Waals surface area (Å²) in [5.41, 5.74) is 2.32. The summed E-state index contributed by atoms with van der Waals surface area (Å²) in [4.78, 5) is 4.62. The average molecular weight is 249 g/mol. The van der Waals surface area contributed by atoms with Crippen LogP contribution in [0.25, 0.3) is 11.0 Å². The van der Waals surface area contributed by atoms with E-state index in [2.05, 4.69) is 34.7 Å². The highest BCUT2D eigenvalue weighted by molar-refractivity contribution is 6.16. The van der Waals surface area contributed by atoms with Gasteiger partial charge in [0, 0.05) is 6.04 Å². The minimum absolute atomic E-state index is 0.504. The van der Waals surface area contributed by atoms with Crippen molar-refractivity contribution in [1.29, 1.82) is 0 Å². The van der Waals surface area contributed by atoms with Gasteiger partial charge in [-0.15, -0.1) is 11.6 Å². The maximum atomic E-state index is 6.02. The molecule has 0 amide bonds. The van der Waals surface area contributed by atoms with Crippen LogP contribution in [0.15, 0.2) is 24.3 Å². The second kappa shape index (κ2) is 4.34. The molecule has 3 heteroatoms. The van der Waals surface area contributed by atoms with E-state index in [1.54, 1.807) is 0 Å². The molecule has 0 aliphatic heterocycles. The number of hydrogen-bond donors (Lipinski definition) is 0. The van der Waals surface area contributed by atoms with Crippen LogP contribution < -0.4 is 0 Å². The predicted octanol–water partition coefficient (Wildman–Crippen LogP) is 4.14. The number of nitrogens with zero attached hydrogens (tertiary/aromatic N) is 2. The largest absolute Gasteiger partial charge is 0.324 e. The van der Waals surface area contributed by atoms with Gasteiger partial charge >= 0.3 is 0 Å². The minimum atomic E-state index is 0.504. The second-order valence-electron chi connectivity index (χ2n) is 4.87. The van der Waals surface area contributed by atoms with Crippen LogP contribution in [0, 0.1) is 5.92 Å². The molecule has 1 aromatic carbocycles. The van der Waals surface area contributed by atoms with Gasteiger partial charge in [-0.3, -0.25) is 0 Å². The molecular weight excluding hydrogens is 232 g/mol. The third kappa shape index (κ3) is 1.85. The molecule has 1 heterocycles. The van der Waals surface area contributed by atoms with Gasteiger partial charge in [0.15, 0.2) is 0 Å². The van der Waals surface area contributed by atoms with Gasteiger partial charge < -0.3 is 4.57 Å². The summed E-state index contributed by atoms with van der Waals surface area (Å²) in [5, 5.41) is 0. The number of aromatic nitrogens is 2. The van der Waals surface area contributed by atoms with Gasteiger partial charge in [-0.1, -0.05) is 25.5 Å². The van der Waals surface area contributed by atoms with E-state index in [9.17, 15) is 0 Å². The summed E-state index contributed by atoms with van der Waals surface area (Å²) < 4.78 is 2.36. The third-order valence-corrected chi connectivity index (χ3v) is 3.90. The number of fused-ring (bicyclic) bond motifs is 1. The quantitative estimate of drug-likeness (QED) is 0.744. The number of para-hydroxylation sites is 2. The zero-order valence-corrected chi connectivity index (χ0v) is 10.8. The summed E-state index contributed by atoms with van der Waals surface area (Å²) in [6.07, 6.45) is 3.88. The molecule has 0 bridgehead atoms. The van der Waals surface area contributed by atoms with Crippen LogP contribution in [-0.2, 0) is 5.88 Å². The normalized spacial score (nSPS) is 23.2. The molecule has 2 aromatic rings. The van der Waals surface area contributed by atoms with E-state index >= 15 is 0 Å². The van der Waals surface area contributed by atoms with Gasteiger partial charge in [0.25, 0.3) is 0 Å². The molecule has 1 aromatic heterocycles. The minimum Gasteiger partial charge on any atom is -0.324 e. The van der Waals surface area contributed by atoms with E-state index in [0.29, 0.717) is 11.9 Å². The highest BCUT2D eigenvalue weighted by Gasteiger charge is 2.39. The van der Waals surface area contributed by atoms with Crippen molar-refractivity contribution in [2.45, 2.75) is 38.1 Å². The molecule has 90 valence electrons. The molecule has 0 spiro atoms. The van der Waals surface area contributed by atoms with Crippen molar-refractivity contribution >= 4 is 22.6 Å². The Morgan fingerprint density at radius 3 is 3.00 bits per heavy atom. The fraction of sp³-hybridized carbons (Fsp3) is 0.500. The molecule has 1 fully saturated rings. The van der Waals surface area contributed by atoms with Crippen LogP contribution in [0.3, 0.4) is 0 Å². The highest BCUT2D eigenvalue weighted by Crippen LogP contribution is 2.48. The predicted molar refractivity (Wildman–Crippen MR) is 71.3 cm³/mol. The molecule has 1 saturated carbocycles. The summed E-state index contributed by atoms with van der Waals surface area (Å²) in [6.45, 7) is 2.25. The lowest BCUT2D eigenvalue weighted by Crippen LogP contribution is -2.01. The molecule has 2 atom stereocenters. The van der Waals surface area contributed by atoms with Crippen molar-refractivity contribution in [2.75, 3.05) is 0 Å². The monoisotopic (exact) mass is 248 g/mol. The van der Waals surface area contributed by atoms with Crippen LogP contribution in [0.2, 0.25) is 0 Å². The van der Waals surface area contributed by atoms with Gasteiger partial charge in [-0.25, -0.2) is 4.98 Å². The molecule has 0 saturated heterocycles. The summed E-state index contributed by atoms with van der Waals surface area (Å²) in [7, 11) is 0. The lowest BCUT2D eigenvalue weighted by molar-refractivity contribution is 0.606. The van der Waals surface area contributed by atoms with E-state index < -0.39 is 0 Å². The Labute approximate surface area is 107 Å². The zero-order valence-electron chi connectivity index (χ0n) is 10.1. The van der Waals surface area contributed by atoms with Crippen LogP contribution >= 0.6 is 11.6 Å². The number of alkyl halides is 1. The highest BCUT2D eigenvalue weighted by atomic mass is 35.5. The van der Waals surface area contributed by atoms with Crippen LogP contribution in [0.5, 0.6) is 0 Å². The first-order chi connectivity index (χ1) is 8.35. The Morgan fingerprint density at radius 1 is 1.41 bits per heavy atom. The van der Waals surface area contributed by atoms with Crippen LogP contribution in [0.1, 0.15) is 38.1 Å². The summed E-state index contributed by atoms with van der Waals surface area (Å²) in [5.74, 6) is 2.36. The third-order valence-electron chi connectivity index (χ3n) is 3.66. The zero-order chi connectivity index (χ0) is 11.8. The maximum Gasteiger partial charge on any atom is 0.125 e. The molecule has 3 rings (SSSR count). The Kier molecular flexibility index (Phi) is 2.83. The Hall–Kier alpha value is -1.02. The van der Waals surface area contributed by atoms with Crippen LogP contribution in [-0.4, -0.2) is 9.55 Å². The van der Waals surface area contributed by atoms with E-state index in [4.69, 9.17) is 11.6 Å². The smallest absolute Gasteiger partial charge is 0.125 e. The first kappa shape index (κ1) is 11.1. The summed E-state index contributed by atoms with van der Waals surface area (Å²) >= 11 is 6.02. The Balaban J connectivity index is 2.02. The van der Waals surface area contributed by atoms with E-state index in [1.165, 1.54) is 24.8 Å². The topological polar surface area (TPSA) is 17.8 Å². The second-order valence-corrected chi connectivity index (χ2v) is 5.14. The van der Waals surface area contributed by atoms with Crippen molar-refractivity contribution in [3.05, 3.63) is 30.1 Å². The van der Waals surface area contributed by atoms with Gasteiger partial charge in [0.1, 0.15) is 5.82 Å². The number of halogens is 1. The van der Waals surface area contributed by atoms with Crippen molar-refractivity contribution in [1.82, 2.24) is 9.55 Å². The molecule has 1 aliphatic rings. The standard InChI is InChI=1S/C14H17ClN2/c1-2-5-10-8-13(10)17-12-7-4-3-6-11(12)16-14(17)9-15/h3-4,6-7,10,13H,2,5,8-9H2,1H3. The van der Waals surface area contributed by atoms with Crippen LogP contribution in [0.4, 0.5) is 0 Å². The first-order valence-electron chi connectivity index (χ1n) is 6.37. The fourth-order valence-electron chi connectivity index (χ4n) is 2.79. The first-order valence-corrected chi connectivity index (χ1v) is 6.90. The van der Waals surface area contributed by atoms with E-state index in [-0.39, 0.29) is 0 Å². The van der Waals surface area contributed by atoms with Gasteiger partial charge in [0.05, 0.1) is 16.9 Å². The molecular formula is C14H17ClN2. The van der Waals surface area contributed by atoms with E-state index in [0.717, 1.165) is 17.3 Å². The molecule has 1 aliphatic carbocycles.